The van der Waals surface area contributed by atoms with E-state index in [1.165, 1.54) is 0 Å². The number of rotatable bonds is 3. The third kappa shape index (κ3) is 7.93. The van der Waals surface area contributed by atoms with Gasteiger partial charge in [0.25, 0.3) is 0 Å². The van der Waals surface area contributed by atoms with Gasteiger partial charge in [0.1, 0.15) is 5.60 Å². The number of amides is 1. The lowest BCUT2D eigenvalue weighted by Crippen LogP contribution is -2.37. The van der Waals surface area contributed by atoms with Crippen LogP contribution in [-0.4, -0.2) is 22.3 Å². The number of carbonyl (C=O) groups is 1. The lowest BCUT2D eigenvalue weighted by molar-refractivity contribution is 0.0526. The molecule has 7 heteroatoms. The second-order valence-electron chi connectivity index (χ2n) is 3.53. The van der Waals surface area contributed by atoms with E-state index in [9.17, 15) is 4.79 Å². The molecule has 1 amide bonds. The van der Waals surface area contributed by atoms with Gasteiger partial charge in [-0.25, -0.2) is 4.79 Å². The summed E-state index contributed by atoms with van der Waals surface area (Å²) in [6.07, 6.45) is -0.509. The Morgan fingerprint density at radius 1 is 1.71 bits per heavy atom. The molecule has 0 aliphatic carbocycles. The summed E-state index contributed by atoms with van der Waals surface area (Å²) < 4.78 is 4.75. The monoisotopic (exact) mass is 312 g/mol. The summed E-state index contributed by atoms with van der Waals surface area (Å²) in [6.45, 7) is 5.54. The normalized spacial score (nSPS) is 12.6. The number of alkyl halides is 1. The van der Waals surface area contributed by atoms with Gasteiger partial charge >= 0.3 is 6.09 Å². The van der Waals surface area contributed by atoms with Gasteiger partial charge in [-0.15, -0.1) is 0 Å². The molecule has 1 atom stereocenters. The smallest absolute Gasteiger partial charge is 0.408 e. The average molecular weight is 312 g/mol. The van der Waals surface area contributed by atoms with E-state index in [0.717, 1.165) is 0 Å². The molecule has 1 N–H and O–H groups in total. The predicted molar refractivity (Wildman–Crippen MR) is 61.2 cm³/mol. The van der Waals surface area contributed by atoms with E-state index in [0.29, 0.717) is 0 Å². The number of ether oxygens (including phenoxy) is 1. The van der Waals surface area contributed by atoms with Crippen molar-refractivity contribution in [2.75, 3.05) is 6.54 Å². The second-order valence-corrected chi connectivity index (χ2v) is 5.03. The summed E-state index contributed by atoms with van der Waals surface area (Å²) >= 11 is 1.95. The molecule has 0 saturated carbocycles. The number of alkyl carbamates (subject to hydrolysis) is 1. The fraction of sp³-hybridized carbons (Fsp3) is 0.857. The summed E-state index contributed by atoms with van der Waals surface area (Å²) in [5.41, 5.74) is 7.53. The van der Waals surface area contributed by atoms with Crippen molar-refractivity contribution in [3.8, 4) is 0 Å². The van der Waals surface area contributed by atoms with Crippen LogP contribution >= 0.6 is 22.6 Å². The summed E-state index contributed by atoms with van der Waals surface area (Å²) in [5.74, 6) is 0. The molecule has 0 heterocycles. The molecular weight excluding hydrogens is 299 g/mol. The Morgan fingerprint density at radius 2 is 2.29 bits per heavy atom. The first-order chi connectivity index (χ1) is 6.35. The van der Waals surface area contributed by atoms with Gasteiger partial charge in [-0.2, -0.15) is 0 Å². The van der Waals surface area contributed by atoms with Crippen molar-refractivity contribution in [1.29, 1.82) is 0 Å². The van der Waals surface area contributed by atoms with Crippen LogP contribution in [0.1, 0.15) is 20.8 Å². The van der Waals surface area contributed by atoms with Gasteiger partial charge in [0, 0.05) is 4.91 Å². The molecule has 14 heavy (non-hydrogen) atoms. The topological polar surface area (TPSA) is 87.1 Å². The van der Waals surface area contributed by atoms with Crippen molar-refractivity contribution in [1.82, 2.24) is 5.32 Å². The van der Waals surface area contributed by atoms with Crippen molar-refractivity contribution in [2.24, 2.45) is 5.11 Å². The fourth-order valence-electron chi connectivity index (χ4n) is 0.589. The molecule has 0 aromatic heterocycles. The summed E-state index contributed by atoms with van der Waals surface area (Å²) in [5, 5.41) is 5.86. The first kappa shape index (κ1) is 13.3. The predicted octanol–water partition coefficient (Wildman–Crippen LogP) is 2.58. The molecular formula is C7H13IN4O2. The number of halogens is 1. The summed E-state index contributed by atoms with van der Waals surface area (Å²) in [4.78, 5) is 13.7. The highest BCUT2D eigenvalue weighted by Gasteiger charge is 2.17. The molecule has 0 aromatic rings. The van der Waals surface area contributed by atoms with E-state index in [-0.39, 0.29) is 10.6 Å². The van der Waals surface area contributed by atoms with Crippen molar-refractivity contribution < 1.29 is 9.53 Å². The van der Waals surface area contributed by atoms with E-state index in [4.69, 9.17) is 10.3 Å². The van der Waals surface area contributed by atoms with E-state index in [2.05, 4.69) is 15.3 Å². The molecule has 0 saturated heterocycles. The third-order valence-electron chi connectivity index (χ3n) is 0.979. The first-order valence-corrected chi connectivity index (χ1v) is 5.24. The zero-order valence-corrected chi connectivity index (χ0v) is 10.5. The zero-order valence-electron chi connectivity index (χ0n) is 8.32. The highest BCUT2D eigenvalue weighted by atomic mass is 127. The molecule has 0 aromatic carbocycles. The molecule has 0 rings (SSSR count). The molecule has 0 spiro atoms. The molecule has 0 radical (unpaired) electrons. The minimum absolute atomic E-state index is 0.205. The van der Waals surface area contributed by atoms with Gasteiger partial charge in [0.15, 0.2) is 0 Å². The lowest BCUT2D eigenvalue weighted by atomic mass is 10.2. The molecule has 1 unspecified atom stereocenters. The number of nitrogens with zero attached hydrogens (tertiary/aromatic N) is 3. The minimum Gasteiger partial charge on any atom is -0.444 e. The van der Waals surface area contributed by atoms with E-state index < -0.39 is 11.7 Å². The van der Waals surface area contributed by atoms with Crippen LogP contribution in [0.25, 0.3) is 10.4 Å². The Kier molecular flexibility index (Phi) is 5.63. The quantitative estimate of drug-likeness (QED) is 0.217. The van der Waals surface area contributed by atoms with E-state index in [1.807, 2.05) is 22.6 Å². The van der Waals surface area contributed by atoms with Crippen LogP contribution in [0.4, 0.5) is 4.79 Å². The zero-order chi connectivity index (χ0) is 11.2. The van der Waals surface area contributed by atoms with Gasteiger partial charge in [-0.1, -0.05) is 27.7 Å². The van der Waals surface area contributed by atoms with Gasteiger partial charge in [-0.3, -0.25) is 0 Å². The molecule has 6 nitrogen and oxygen atoms in total. The van der Waals surface area contributed by atoms with Gasteiger partial charge in [0.05, 0.1) is 10.6 Å². The largest absolute Gasteiger partial charge is 0.444 e. The summed E-state index contributed by atoms with van der Waals surface area (Å²) in [7, 11) is 0. The SMILES string of the molecule is CC(C)(C)OC(=O)NC(I)CN=[N+]=[N-]. The standard InChI is InChI=1S/C7H13IN4O2/c1-7(2,3)14-6(13)11-5(8)4-10-12-9/h5H,4H2,1-3H3,(H,11,13). The average Bonchev–Trinajstić information content (AvgIpc) is 1.96. The van der Waals surface area contributed by atoms with E-state index in [1.54, 1.807) is 20.8 Å². The maximum Gasteiger partial charge on any atom is 0.408 e. The van der Waals surface area contributed by atoms with Crippen LogP contribution in [0.3, 0.4) is 0 Å². The number of hydrogen-bond acceptors (Lipinski definition) is 3. The Labute approximate surface area is 96.1 Å². The highest BCUT2D eigenvalue weighted by Crippen LogP contribution is 2.07. The molecule has 0 aliphatic rings. The number of carbonyl (C=O) groups excluding carboxylic acids is 1. The molecule has 0 aliphatic heterocycles. The Balaban J connectivity index is 3.88. The van der Waals surface area contributed by atoms with Crippen molar-refractivity contribution >= 4 is 28.7 Å². The van der Waals surface area contributed by atoms with Crippen LogP contribution < -0.4 is 5.32 Å². The van der Waals surface area contributed by atoms with Crippen LogP contribution in [0, 0.1) is 0 Å². The molecule has 0 fully saturated rings. The number of hydrogen-bond donors (Lipinski definition) is 1. The Bertz CT molecular complexity index is 245. The molecule has 0 bridgehead atoms. The van der Waals surface area contributed by atoms with Gasteiger partial charge < -0.3 is 10.1 Å². The Hall–Kier alpha value is -0.690. The van der Waals surface area contributed by atoms with Gasteiger partial charge in [-0.05, 0) is 26.3 Å². The summed E-state index contributed by atoms with van der Waals surface area (Å²) in [6, 6.07) is 0. The second kappa shape index (κ2) is 5.92. The van der Waals surface area contributed by atoms with Crippen LogP contribution in [-0.2, 0) is 4.74 Å². The van der Waals surface area contributed by atoms with Crippen molar-refractivity contribution in [2.45, 2.75) is 30.4 Å². The van der Waals surface area contributed by atoms with Gasteiger partial charge in [0.2, 0.25) is 0 Å². The maximum absolute atomic E-state index is 11.2. The van der Waals surface area contributed by atoms with Crippen LogP contribution in [0.2, 0.25) is 0 Å². The highest BCUT2D eigenvalue weighted by molar-refractivity contribution is 14.1. The fourth-order valence-corrected chi connectivity index (χ4v) is 1.02. The van der Waals surface area contributed by atoms with E-state index >= 15 is 0 Å². The molecule has 80 valence electrons. The van der Waals surface area contributed by atoms with Crippen molar-refractivity contribution in [3.63, 3.8) is 0 Å². The maximum atomic E-state index is 11.2. The number of nitrogens with one attached hydrogen (secondary N) is 1. The van der Waals surface area contributed by atoms with Crippen LogP contribution in [0.5, 0.6) is 0 Å². The third-order valence-corrected chi connectivity index (χ3v) is 1.68. The Morgan fingerprint density at radius 3 is 2.71 bits per heavy atom. The van der Waals surface area contributed by atoms with Crippen LogP contribution in [0.15, 0.2) is 5.11 Å². The first-order valence-electron chi connectivity index (χ1n) is 3.99. The lowest BCUT2D eigenvalue weighted by Gasteiger charge is -2.20. The minimum atomic E-state index is -0.515. The van der Waals surface area contributed by atoms with Crippen molar-refractivity contribution in [3.05, 3.63) is 10.4 Å². The number of azide groups is 1.